The minimum atomic E-state index is 0.277. The Bertz CT molecular complexity index is 406. The Morgan fingerprint density at radius 2 is 1.74 bits per heavy atom. The smallest absolute Gasteiger partial charge is 0.0493 e. The lowest BCUT2D eigenvalue weighted by Gasteiger charge is -2.34. The molecule has 19 heavy (non-hydrogen) atoms. The molecule has 0 bridgehead atoms. The second kappa shape index (κ2) is 5.64. The predicted molar refractivity (Wildman–Crippen MR) is 81.7 cm³/mol. The van der Waals surface area contributed by atoms with E-state index in [9.17, 15) is 0 Å². The highest BCUT2D eigenvalue weighted by Gasteiger charge is 2.39. The van der Waals surface area contributed by atoms with Crippen LogP contribution in [0.25, 0.3) is 0 Å². The third-order valence-corrected chi connectivity index (χ3v) is 4.88. The van der Waals surface area contributed by atoms with Crippen molar-refractivity contribution in [2.24, 2.45) is 17.2 Å². The summed E-state index contributed by atoms with van der Waals surface area (Å²) in [5.41, 5.74) is 6.17. The Morgan fingerprint density at radius 1 is 1.16 bits per heavy atom. The third kappa shape index (κ3) is 3.01. The molecule has 2 nitrogen and oxygen atoms in total. The summed E-state index contributed by atoms with van der Waals surface area (Å²) in [6.07, 6.45) is 3.90. The van der Waals surface area contributed by atoms with Gasteiger partial charge in [0, 0.05) is 6.04 Å². The molecule has 0 spiro atoms. The van der Waals surface area contributed by atoms with E-state index in [1.807, 2.05) is 0 Å². The molecule has 1 aliphatic rings. The van der Waals surface area contributed by atoms with Crippen LogP contribution in [0.2, 0.25) is 0 Å². The Kier molecular flexibility index (Phi) is 4.32. The summed E-state index contributed by atoms with van der Waals surface area (Å²) < 4.78 is 0. The molecule has 1 aliphatic carbocycles. The first kappa shape index (κ1) is 14.5. The highest BCUT2D eigenvalue weighted by molar-refractivity contribution is 5.27. The standard InChI is InChI=1S/C17H28N2/c1-12(2)13-7-9-14(10-8-13)16(19-18)15-6-5-11-17(15,3)4/h7-10,12,15-16,19H,5-6,11,18H2,1-4H3. The first-order valence-corrected chi connectivity index (χ1v) is 7.51. The van der Waals surface area contributed by atoms with Crippen LogP contribution in [-0.2, 0) is 0 Å². The van der Waals surface area contributed by atoms with Crippen molar-refractivity contribution >= 4 is 0 Å². The van der Waals surface area contributed by atoms with Gasteiger partial charge in [0.2, 0.25) is 0 Å². The number of nitrogens with one attached hydrogen (secondary N) is 1. The molecular weight excluding hydrogens is 232 g/mol. The molecule has 0 aliphatic heterocycles. The molecule has 0 heterocycles. The van der Waals surface area contributed by atoms with Gasteiger partial charge in [0.15, 0.2) is 0 Å². The first-order chi connectivity index (χ1) is 8.95. The highest BCUT2D eigenvalue weighted by atomic mass is 15.2. The van der Waals surface area contributed by atoms with Crippen LogP contribution in [0.5, 0.6) is 0 Å². The molecule has 0 aromatic heterocycles. The molecule has 0 saturated heterocycles. The maximum absolute atomic E-state index is 5.85. The Hall–Kier alpha value is -0.860. The van der Waals surface area contributed by atoms with Gasteiger partial charge in [-0.1, -0.05) is 58.4 Å². The molecule has 1 aromatic carbocycles. The lowest BCUT2D eigenvalue weighted by Crippen LogP contribution is -2.37. The largest absolute Gasteiger partial charge is 0.271 e. The van der Waals surface area contributed by atoms with E-state index >= 15 is 0 Å². The van der Waals surface area contributed by atoms with Crippen LogP contribution in [0.15, 0.2) is 24.3 Å². The molecule has 0 radical (unpaired) electrons. The summed E-state index contributed by atoms with van der Waals surface area (Å²) in [6, 6.07) is 9.25. The van der Waals surface area contributed by atoms with Crippen molar-refractivity contribution < 1.29 is 0 Å². The fourth-order valence-electron chi connectivity index (χ4n) is 3.50. The second-order valence-corrected chi connectivity index (χ2v) is 6.95. The van der Waals surface area contributed by atoms with Gasteiger partial charge in [-0.2, -0.15) is 0 Å². The average molecular weight is 260 g/mol. The van der Waals surface area contributed by atoms with Crippen LogP contribution < -0.4 is 11.3 Å². The molecule has 3 N–H and O–H groups in total. The van der Waals surface area contributed by atoms with Crippen LogP contribution in [-0.4, -0.2) is 0 Å². The van der Waals surface area contributed by atoms with Gasteiger partial charge in [0.1, 0.15) is 0 Å². The predicted octanol–water partition coefficient (Wildman–Crippen LogP) is 4.14. The molecule has 0 amide bonds. The second-order valence-electron chi connectivity index (χ2n) is 6.95. The molecule has 2 unspecified atom stereocenters. The Morgan fingerprint density at radius 3 is 2.16 bits per heavy atom. The molecule has 2 heteroatoms. The van der Waals surface area contributed by atoms with E-state index in [2.05, 4.69) is 57.4 Å². The van der Waals surface area contributed by atoms with E-state index in [1.165, 1.54) is 30.4 Å². The topological polar surface area (TPSA) is 38.0 Å². The zero-order valence-electron chi connectivity index (χ0n) is 12.7. The number of benzene rings is 1. The Labute approximate surface area is 117 Å². The molecule has 2 rings (SSSR count). The molecule has 1 aromatic rings. The van der Waals surface area contributed by atoms with E-state index in [0.29, 0.717) is 17.3 Å². The fraction of sp³-hybridized carbons (Fsp3) is 0.647. The SMILES string of the molecule is CC(C)c1ccc(C(NN)C2CCCC2(C)C)cc1. The zero-order valence-corrected chi connectivity index (χ0v) is 12.7. The van der Waals surface area contributed by atoms with E-state index in [1.54, 1.807) is 0 Å². The summed E-state index contributed by atoms with van der Waals surface area (Å²) in [4.78, 5) is 0. The van der Waals surface area contributed by atoms with E-state index in [0.717, 1.165) is 0 Å². The van der Waals surface area contributed by atoms with Crippen molar-refractivity contribution in [2.75, 3.05) is 0 Å². The molecule has 1 saturated carbocycles. The van der Waals surface area contributed by atoms with Crippen LogP contribution >= 0.6 is 0 Å². The molecule has 1 fully saturated rings. The van der Waals surface area contributed by atoms with Gasteiger partial charge in [0.25, 0.3) is 0 Å². The maximum Gasteiger partial charge on any atom is 0.0493 e. The molecule has 2 atom stereocenters. The monoisotopic (exact) mass is 260 g/mol. The number of nitrogens with two attached hydrogens (primary N) is 1. The van der Waals surface area contributed by atoms with Crippen LogP contribution in [0.3, 0.4) is 0 Å². The van der Waals surface area contributed by atoms with Gasteiger partial charge in [-0.3, -0.25) is 11.3 Å². The minimum absolute atomic E-state index is 0.277. The van der Waals surface area contributed by atoms with Crippen molar-refractivity contribution in [1.82, 2.24) is 5.43 Å². The van der Waals surface area contributed by atoms with Gasteiger partial charge in [-0.05, 0) is 41.2 Å². The first-order valence-electron chi connectivity index (χ1n) is 7.51. The van der Waals surface area contributed by atoms with Crippen molar-refractivity contribution in [2.45, 2.75) is 58.9 Å². The maximum atomic E-state index is 5.85. The van der Waals surface area contributed by atoms with Crippen LogP contribution in [0.4, 0.5) is 0 Å². The molecule has 106 valence electrons. The number of hydrogen-bond donors (Lipinski definition) is 2. The fourth-order valence-corrected chi connectivity index (χ4v) is 3.50. The summed E-state index contributed by atoms with van der Waals surface area (Å²) in [5.74, 6) is 7.07. The van der Waals surface area contributed by atoms with Crippen molar-refractivity contribution in [1.29, 1.82) is 0 Å². The summed E-state index contributed by atoms with van der Waals surface area (Å²) in [5, 5.41) is 0. The van der Waals surface area contributed by atoms with Crippen molar-refractivity contribution in [3.63, 3.8) is 0 Å². The lowest BCUT2D eigenvalue weighted by molar-refractivity contribution is 0.198. The van der Waals surface area contributed by atoms with Gasteiger partial charge >= 0.3 is 0 Å². The quantitative estimate of drug-likeness (QED) is 0.630. The summed E-state index contributed by atoms with van der Waals surface area (Å²) in [6.45, 7) is 9.20. The van der Waals surface area contributed by atoms with Gasteiger partial charge in [-0.15, -0.1) is 0 Å². The Balaban J connectivity index is 2.22. The number of hydrazine groups is 1. The van der Waals surface area contributed by atoms with E-state index in [-0.39, 0.29) is 6.04 Å². The third-order valence-electron chi connectivity index (χ3n) is 4.88. The van der Waals surface area contributed by atoms with Crippen LogP contribution in [0, 0.1) is 11.3 Å². The van der Waals surface area contributed by atoms with Gasteiger partial charge in [-0.25, -0.2) is 0 Å². The van der Waals surface area contributed by atoms with E-state index in [4.69, 9.17) is 5.84 Å². The normalized spacial score (nSPS) is 23.8. The number of hydrogen-bond acceptors (Lipinski definition) is 2. The van der Waals surface area contributed by atoms with Gasteiger partial charge < -0.3 is 0 Å². The van der Waals surface area contributed by atoms with Gasteiger partial charge in [0.05, 0.1) is 0 Å². The highest BCUT2D eigenvalue weighted by Crippen LogP contribution is 2.48. The zero-order chi connectivity index (χ0) is 14.0. The number of rotatable bonds is 4. The van der Waals surface area contributed by atoms with Crippen molar-refractivity contribution in [3.8, 4) is 0 Å². The van der Waals surface area contributed by atoms with E-state index < -0.39 is 0 Å². The summed E-state index contributed by atoms with van der Waals surface area (Å²) in [7, 11) is 0. The minimum Gasteiger partial charge on any atom is -0.271 e. The summed E-state index contributed by atoms with van der Waals surface area (Å²) >= 11 is 0. The van der Waals surface area contributed by atoms with Crippen LogP contribution in [0.1, 0.15) is 70.0 Å². The van der Waals surface area contributed by atoms with Crippen molar-refractivity contribution in [3.05, 3.63) is 35.4 Å². The average Bonchev–Trinajstić information content (AvgIpc) is 2.71. The lowest BCUT2D eigenvalue weighted by atomic mass is 9.75. The molecular formula is C17H28N2.